The van der Waals surface area contributed by atoms with Crippen molar-refractivity contribution >= 4 is 51.5 Å². The van der Waals surface area contributed by atoms with E-state index in [4.69, 9.17) is 27.6 Å². The predicted molar refractivity (Wildman–Crippen MR) is 114 cm³/mol. The highest BCUT2D eigenvalue weighted by Gasteiger charge is 2.19. The van der Waals surface area contributed by atoms with Gasteiger partial charge < -0.3 is 14.8 Å². The van der Waals surface area contributed by atoms with E-state index in [1.54, 1.807) is 6.07 Å². The molecule has 0 atom stereocenters. The number of nitro benzene ring substituents is 1. The summed E-state index contributed by atoms with van der Waals surface area (Å²) in [6, 6.07) is 15.5. The SMILES string of the molecule is O=C(Nc1ccc([N+](=O)[O-])cc1Cl)c1cc(Cl)c(-c2cc3ccccc3o2)cc1O. The summed E-state index contributed by atoms with van der Waals surface area (Å²) in [7, 11) is 0. The fourth-order valence-corrected chi connectivity index (χ4v) is 3.43. The van der Waals surface area contributed by atoms with Gasteiger partial charge in [0, 0.05) is 23.1 Å². The van der Waals surface area contributed by atoms with Crippen molar-refractivity contribution in [2.24, 2.45) is 0 Å². The lowest BCUT2D eigenvalue weighted by molar-refractivity contribution is -0.384. The topological polar surface area (TPSA) is 106 Å². The summed E-state index contributed by atoms with van der Waals surface area (Å²) in [5.41, 5.74) is 0.950. The van der Waals surface area contributed by atoms with Crippen molar-refractivity contribution in [3.8, 4) is 17.1 Å². The molecule has 2 N–H and O–H groups in total. The van der Waals surface area contributed by atoms with Gasteiger partial charge in [0.25, 0.3) is 11.6 Å². The number of benzene rings is 3. The van der Waals surface area contributed by atoms with Gasteiger partial charge in [-0.3, -0.25) is 14.9 Å². The Balaban J connectivity index is 1.64. The highest BCUT2D eigenvalue weighted by Crippen LogP contribution is 2.37. The van der Waals surface area contributed by atoms with Crippen LogP contribution in [0, 0.1) is 10.1 Å². The standard InChI is InChI=1S/C21H12Cl2N2O5/c22-15-9-14(21(27)24-17-6-5-12(25(28)29)8-16(17)23)18(26)10-13(15)20-7-11-3-1-2-4-19(11)30-20/h1-10,26H,(H,24,27). The van der Waals surface area contributed by atoms with Crippen molar-refractivity contribution in [1.29, 1.82) is 0 Å². The molecule has 0 aliphatic carbocycles. The summed E-state index contributed by atoms with van der Waals surface area (Å²) in [6.45, 7) is 0. The van der Waals surface area contributed by atoms with Crippen LogP contribution in [0.3, 0.4) is 0 Å². The van der Waals surface area contributed by atoms with E-state index in [1.165, 1.54) is 24.3 Å². The third-order valence-corrected chi connectivity index (χ3v) is 5.06. The van der Waals surface area contributed by atoms with Crippen LogP contribution < -0.4 is 5.32 Å². The van der Waals surface area contributed by atoms with Crippen LogP contribution in [0.2, 0.25) is 10.0 Å². The van der Waals surface area contributed by atoms with Gasteiger partial charge in [-0.2, -0.15) is 0 Å². The number of anilines is 1. The van der Waals surface area contributed by atoms with Crippen molar-refractivity contribution in [2.45, 2.75) is 0 Å². The lowest BCUT2D eigenvalue weighted by atomic mass is 10.1. The van der Waals surface area contributed by atoms with E-state index in [0.717, 1.165) is 11.5 Å². The van der Waals surface area contributed by atoms with Crippen LogP contribution in [-0.2, 0) is 0 Å². The second-order valence-corrected chi connectivity index (χ2v) is 7.19. The number of carbonyl (C=O) groups is 1. The van der Waals surface area contributed by atoms with Crippen LogP contribution in [0.1, 0.15) is 10.4 Å². The van der Waals surface area contributed by atoms with Crippen LogP contribution >= 0.6 is 23.2 Å². The zero-order chi connectivity index (χ0) is 21.4. The first kappa shape index (κ1) is 19.8. The Morgan fingerprint density at radius 3 is 2.50 bits per heavy atom. The number of hydrogen-bond acceptors (Lipinski definition) is 5. The average molecular weight is 443 g/mol. The largest absolute Gasteiger partial charge is 0.507 e. The lowest BCUT2D eigenvalue weighted by Gasteiger charge is -2.10. The molecule has 30 heavy (non-hydrogen) atoms. The van der Waals surface area contributed by atoms with Crippen molar-refractivity contribution in [1.82, 2.24) is 0 Å². The number of carbonyl (C=O) groups excluding carboxylic acids is 1. The lowest BCUT2D eigenvalue weighted by Crippen LogP contribution is -2.12. The molecule has 0 fully saturated rings. The van der Waals surface area contributed by atoms with E-state index in [2.05, 4.69) is 5.32 Å². The summed E-state index contributed by atoms with van der Waals surface area (Å²) < 4.78 is 5.76. The second-order valence-electron chi connectivity index (χ2n) is 6.37. The molecule has 0 radical (unpaired) electrons. The summed E-state index contributed by atoms with van der Waals surface area (Å²) in [5, 5.41) is 24.8. The smallest absolute Gasteiger partial charge is 0.271 e. The molecule has 4 aromatic rings. The summed E-state index contributed by atoms with van der Waals surface area (Å²) >= 11 is 12.3. The first-order chi connectivity index (χ1) is 14.3. The van der Waals surface area contributed by atoms with Gasteiger partial charge >= 0.3 is 0 Å². The minimum Gasteiger partial charge on any atom is -0.507 e. The molecule has 1 heterocycles. The number of amides is 1. The summed E-state index contributed by atoms with van der Waals surface area (Å²) in [5.74, 6) is -0.548. The number of rotatable bonds is 4. The highest BCUT2D eigenvalue weighted by atomic mass is 35.5. The molecule has 1 aromatic heterocycles. The molecule has 150 valence electrons. The van der Waals surface area contributed by atoms with E-state index >= 15 is 0 Å². The number of non-ortho nitro benzene ring substituents is 1. The maximum atomic E-state index is 12.6. The van der Waals surface area contributed by atoms with Gasteiger partial charge in [-0.1, -0.05) is 41.4 Å². The fourth-order valence-electron chi connectivity index (χ4n) is 2.96. The summed E-state index contributed by atoms with van der Waals surface area (Å²) in [4.78, 5) is 22.8. The third-order valence-electron chi connectivity index (χ3n) is 4.43. The fraction of sp³-hybridized carbons (Fsp3) is 0. The van der Waals surface area contributed by atoms with E-state index in [-0.39, 0.29) is 32.7 Å². The molecule has 1 amide bonds. The van der Waals surface area contributed by atoms with Crippen LogP contribution in [0.4, 0.5) is 11.4 Å². The van der Waals surface area contributed by atoms with Crippen molar-refractivity contribution in [2.75, 3.05) is 5.32 Å². The maximum absolute atomic E-state index is 12.6. The minimum atomic E-state index is -0.679. The third kappa shape index (κ3) is 3.68. The molecule has 0 aliphatic rings. The van der Waals surface area contributed by atoms with Crippen molar-refractivity contribution in [3.63, 3.8) is 0 Å². The Labute approximate surface area is 179 Å². The number of nitro groups is 1. The van der Waals surface area contributed by atoms with Crippen LogP contribution in [0.15, 0.2) is 65.1 Å². The Morgan fingerprint density at radius 1 is 1.03 bits per heavy atom. The van der Waals surface area contributed by atoms with Crippen LogP contribution in [-0.4, -0.2) is 15.9 Å². The molecule has 0 bridgehead atoms. The summed E-state index contributed by atoms with van der Waals surface area (Å²) in [6.07, 6.45) is 0. The molecule has 3 aromatic carbocycles. The van der Waals surface area contributed by atoms with Crippen LogP contribution in [0.5, 0.6) is 5.75 Å². The average Bonchev–Trinajstić information content (AvgIpc) is 3.14. The van der Waals surface area contributed by atoms with Gasteiger partial charge in [-0.15, -0.1) is 0 Å². The van der Waals surface area contributed by atoms with E-state index in [0.29, 0.717) is 16.9 Å². The molecule has 9 heteroatoms. The molecule has 0 saturated heterocycles. The van der Waals surface area contributed by atoms with Gasteiger partial charge in [-0.25, -0.2) is 0 Å². The van der Waals surface area contributed by atoms with Gasteiger partial charge in [-0.05, 0) is 30.3 Å². The molecule has 0 spiro atoms. The number of para-hydroxylation sites is 1. The normalized spacial score (nSPS) is 10.9. The van der Waals surface area contributed by atoms with Gasteiger partial charge in [0.1, 0.15) is 17.1 Å². The van der Waals surface area contributed by atoms with Gasteiger partial charge in [0.2, 0.25) is 0 Å². The molecular formula is C21H12Cl2N2O5. The highest BCUT2D eigenvalue weighted by molar-refractivity contribution is 6.35. The number of hydrogen-bond donors (Lipinski definition) is 2. The molecule has 0 aliphatic heterocycles. The molecule has 0 unspecified atom stereocenters. The number of halogens is 2. The van der Waals surface area contributed by atoms with Crippen LogP contribution in [0.25, 0.3) is 22.3 Å². The van der Waals surface area contributed by atoms with E-state index < -0.39 is 10.8 Å². The van der Waals surface area contributed by atoms with E-state index in [1.807, 2.05) is 24.3 Å². The number of nitrogens with one attached hydrogen (secondary N) is 1. The predicted octanol–water partition coefficient (Wildman–Crippen LogP) is 6.27. The van der Waals surface area contributed by atoms with Gasteiger partial charge in [0.15, 0.2) is 0 Å². The molecular weight excluding hydrogens is 431 g/mol. The maximum Gasteiger partial charge on any atom is 0.271 e. The zero-order valence-electron chi connectivity index (χ0n) is 15.1. The Bertz CT molecular complexity index is 1280. The number of furan rings is 1. The Kier molecular flexibility index (Phi) is 5.07. The Morgan fingerprint density at radius 2 is 1.80 bits per heavy atom. The Hall–Kier alpha value is -3.55. The minimum absolute atomic E-state index is 0.0120. The first-order valence-electron chi connectivity index (χ1n) is 8.60. The second kappa shape index (κ2) is 7.70. The molecule has 7 nitrogen and oxygen atoms in total. The zero-order valence-corrected chi connectivity index (χ0v) is 16.6. The number of fused-ring (bicyclic) bond motifs is 1. The molecule has 4 rings (SSSR count). The number of phenols is 1. The monoisotopic (exact) mass is 442 g/mol. The van der Waals surface area contributed by atoms with Gasteiger partial charge in [0.05, 0.1) is 26.2 Å². The number of nitrogens with zero attached hydrogens (tertiary/aromatic N) is 1. The quantitative estimate of drug-likeness (QED) is 0.286. The van der Waals surface area contributed by atoms with Crippen molar-refractivity contribution in [3.05, 3.63) is 86.4 Å². The van der Waals surface area contributed by atoms with Crippen molar-refractivity contribution < 1.29 is 19.2 Å². The first-order valence-corrected chi connectivity index (χ1v) is 9.36. The molecule has 0 saturated carbocycles. The number of phenolic OH excluding ortho intramolecular Hbond substituents is 1. The number of aromatic hydroxyl groups is 1. The van der Waals surface area contributed by atoms with E-state index in [9.17, 15) is 20.0 Å².